The van der Waals surface area contributed by atoms with Gasteiger partial charge in [0.25, 0.3) is 0 Å². The summed E-state index contributed by atoms with van der Waals surface area (Å²) in [4.78, 5) is 9.34. The highest BCUT2D eigenvalue weighted by molar-refractivity contribution is 8.69. The Morgan fingerprint density at radius 3 is 2.44 bits per heavy atom. The van der Waals surface area contributed by atoms with Crippen LogP contribution in [0, 0.1) is 0 Å². The Bertz CT molecular complexity index is 116. The highest BCUT2D eigenvalue weighted by Crippen LogP contribution is 2.54. The van der Waals surface area contributed by atoms with Gasteiger partial charge in [-0.15, -0.1) is 0 Å². The molecular weight excluding hydrogens is 171 g/mol. The van der Waals surface area contributed by atoms with Gasteiger partial charge in [0.05, 0.1) is 0 Å². The summed E-state index contributed by atoms with van der Waals surface area (Å²) in [5, 5.41) is 0. The standard InChI is InChI=1S/C5H13OPS2/c1-3-5-9-7(6,8)4-2/h3-5H2,1-2H3,(H,6,8). The summed E-state index contributed by atoms with van der Waals surface area (Å²) in [6.45, 7) is 4.04. The van der Waals surface area contributed by atoms with Crippen LogP contribution in [-0.2, 0) is 11.8 Å². The first-order valence-electron chi connectivity index (χ1n) is 3.08. The summed E-state index contributed by atoms with van der Waals surface area (Å²) < 4.78 is 0. The van der Waals surface area contributed by atoms with Crippen molar-refractivity contribution in [1.29, 1.82) is 0 Å². The van der Waals surface area contributed by atoms with Crippen LogP contribution in [0.15, 0.2) is 0 Å². The molecule has 0 rings (SSSR count). The van der Waals surface area contributed by atoms with Crippen LogP contribution in [0.2, 0.25) is 0 Å². The van der Waals surface area contributed by atoms with Gasteiger partial charge in [0.15, 0.2) is 0 Å². The van der Waals surface area contributed by atoms with Crippen molar-refractivity contribution in [2.75, 3.05) is 11.9 Å². The van der Waals surface area contributed by atoms with E-state index in [0.29, 0.717) is 0 Å². The van der Waals surface area contributed by atoms with E-state index in [1.807, 2.05) is 6.92 Å². The van der Waals surface area contributed by atoms with Crippen molar-refractivity contribution in [2.45, 2.75) is 20.3 Å². The predicted octanol–water partition coefficient (Wildman–Crippen LogP) is 2.45. The van der Waals surface area contributed by atoms with Crippen molar-refractivity contribution in [1.82, 2.24) is 0 Å². The minimum atomic E-state index is -1.94. The Morgan fingerprint density at radius 2 is 2.11 bits per heavy atom. The molecule has 9 heavy (non-hydrogen) atoms. The van der Waals surface area contributed by atoms with Crippen LogP contribution in [0.4, 0.5) is 0 Å². The Hall–Kier alpha value is 0.960. The molecule has 1 N–H and O–H groups in total. The quantitative estimate of drug-likeness (QED) is 0.678. The van der Waals surface area contributed by atoms with Gasteiger partial charge >= 0.3 is 0 Å². The molecule has 0 radical (unpaired) electrons. The van der Waals surface area contributed by atoms with Crippen LogP contribution in [0.25, 0.3) is 0 Å². The zero-order chi connectivity index (χ0) is 7.33. The molecule has 0 aromatic rings. The Balaban J connectivity index is 3.46. The third kappa shape index (κ3) is 5.41. The predicted molar refractivity (Wildman–Crippen MR) is 49.8 cm³/mol. The molecule has 56 valence electrons. The van der Waals surface area contributed by atoms with E-state index < -0.39 is 5.47 Å². The molecule has 0 bridgehead atoms. The third-order valence-electron chi connectivity index (χ3n) is 0.897. The molecule has 1 unspecified atom stereocenters. The lowest BCUT2D eigenvalue weighted by Crippen LogP contribution is -1.79. The highest BCUT2D eigenvalue weighted by atomic mass is 32.9. The van der Waals surface area contributed by atoms with E-state index in [4.69, 9.17) is 11.8 Å². The van der Waals surface area contributed by atoms with Gasteiger partial charge in [0.2, 0.25) is 0 Å². The molecule has 4 heteroatoms. The normalized spacial score (nSPS) is 17.2. The zero-order valence-electron chi connectivity index (χ0n) is 5.83. The number of hydrogen-bond acceptors (Lipinski definition) is 2. The largest absolute Gasteiger partial charge is 0.357 e. The second-order valence-electron chi connectivity index (χ2n) is 1.79. The molecule has 1 atom stereocenters. The van der Waals surface area contributed by atoms with Gasteiger partial charge in [-0.2, -0.15) is 0 Å². The molecule has 0 aliphatic heterocycles. The van der Waals surface area contributed by atoms with Crippen LogP contribution in [-0.4, -0.2) is 16.8 Å². The molecule has 0 aliphatic carbocycles. The van der Waals surface area contributed by atoms with Crippen LogP contribution in [0.3, 0.4) is 0 Å². The lowest BCUT2D eigenvalue weighted by molar-refractivity contribution is 0.639. The fourth-order valence-electron chi connectivity index (χ4n) is 0.325. The Kier molecular flexibility index (Phi) is 5.23. The average molecular weight is 184 g/mol. The molecule has 0 aromatic carbocycles. The monoisotopic (exact) mass is 184 g/mol. The van der Waals surface area contributed by atoms with E-state index in [1.54, 1.807) is 11.4 Å². The molecule has 0 heterocycles. The van der Waals surface area contributed by atoms with Gasteiger partial charge in [-0.25, -0.2) is 0 Å². The minimum absolute atomic E-state index is 0.757. The lowest BCUT2D eigenvalue weighted by Gasteiger charge is -2.09. The molecule has 0 saturated heterocycles. The average Bonchev–Trinajstić information content (AvgIpc) is 1.84. The maximum atomic E-state index is 9.34. The van der Waals surface area contributed by atoms with Crippen LogP contribution >= 0.6 is 16.8 Å². The van der Waals surface area contributed by atoms with Gasteiger partial charge in [0, 0.05) is 6.16 Å². The summed E-state index contributed by atoms with van der Waals surface area (Å²) in [6.07, 6.45) is 1.86. The first-order chi connectivity index (χ1) is 4.12. The van der Waals surface area contributed by atoms with E-state index in [-0.39, 0.29) is 0 Å². The van der Waals surface area contributed by atoms with E-state index in [0.717, 1.165) is 18.3 Å². The number of rotatable bonds is 4. The van der Waals surface area contributed by atoms with Crippen molar-refractivity contribution in [2.24, 2.45) is 0 Å². The van der Waals surface area contributed by atoms with Crippen LogP contribution in [0.5, 0.6) is 0 Å². The van der Waals surface area contributed by atoms with Gasteiger partial charge in [0.1, 0.15) is 5.47 Å². The van der Waals surface area contributed by atoms with E-state index >= 15 is 0 Å². The first kappa shape index (κ1) is 9.96. The summed E-state index contributed by atoms with van der Waals surface area (Å²) in [6, 6.07) is 0. The smallest absolute Gasteiger partial charge is 0.116 e. The van der Waals surface area contributed by atoms with Gasteiger partial charge in [-0.05, 0) is 12.2 Å². The molecular formula is C5H13OPS2. The van der Waals surface area contributed by atoms with Crippen molar-refractivity contribution in [3.63, 3.8) is 0 Å². The van der Waals surface area contributed by atoms with Crippen molar-refractivity contribution < 1.29 is 4.89 Å². The van der Waals surface area contributed by atoms with E-state index in [1.165, 1.54) is 0 Å². The minimum Gasteiger partial charge on any atom is -0.357 e. The van der Waals surface area contributed by atoms with Gasteiger partial charge < -0.3 is 4.89 Å². The molecule has 1 nitrogen and oxygen atoms in total. The second-order valence-corrected chi connectivity index (χ2v) is 9.45. The Labute approximate surface area is 66.1 Å². The molecule has 0 fully saturated rings. The van der Waals surface area contributed by atoms with Gasteiger partial charge in [-0.3, -0.25) is 0 Å². The van der Waals surface area contributed by atoms with Crippen molar-refractivity contribution in [3.05, 3.63) is 0 Å². The second kappa shape index (κ2) is 4.73. The van der Waals surface area contributed by atoms with Crippen LogP contribution in [0.1, 0.15) is 20.3 Å². The van der Waals surface area contributed by atoms with Gasteiger partial charge in [-0.1, -0.05) is 37.0 Å². The summed E-state index contributed by atoms with van der Waals surface area (Å²) >= 11 is 6.50. The SMILES string of the molecule is CCCSP(O)(=S)CC. The molecule has 0 aliphatic rings. The molecule has 0 spiro atoms. The summed E-state index contributed by atoms with van der Waals surface area (Å²) in [5.41, 5.74) is -1.94. The highest BCUT2D eigenvalue weighted by Gasteiger charge is 2.07. The summed E-state index contributed by atoms with van der Waals surface area (Å²) in [7, 11) is 0. The Morgan fingerprint density at radius 1 is 1.56 bits per heavy atom. The fourth-order valence-corrected chi connectivity index (χ4v) is 3.60. The molecule has 0 amide bonds. The third-order valence-corrected chi connectivity index (χ3v) is 6.95. The van der Waals surface area contributed by atoms with Crippen LogP contribution < -0.4 is 0 Å². The lowest BCUT2D eigenvalue weighted by atomic mass is 10.6. The van der Waals surface area contributed by atoms with Crippen molar-refractivity contribution in [3.8, 4) is 0 Å². The fraction of sp³-hybridized carbons (Fsp3) is 1.00. The molecule has 0 saturated carbocycles. The molecule has 0 aromatic heterocycles. The van der Waals surface area contributed by atoms with E-state index in [9.17, 15) is 4.89 Å². The van der Waals surface area contributed by atoms with E-state index in [2.05, 4.69) is 6.92 Å². The topological polar surface area (TPSA) is 20.2 Å². The number of hydrogen-bond donors (Lipinski definition) is 1. The maximum Gasteiger partial charge on any atom is 0.116 e. The first-order valence-corrected chi connectivity index (χ1v) is 7.62. The van der Waals surface area contributed by atoms with Crippen molar-refractivity contribution >= 4 is 28.7 Å². The zero-order valence-corrected chi connectivity index (χ0v) is 8.36. The summed E-state index contributed by atoms with van der Waals surface area (Å²) in [5.74, 6) is 1.00. The maximum absolute atomic E-state index is 9.34.